The number of H-pyrrole nitrogens is 1. The van der Waals surface area contributed by atoms with Crippen LogP contribution in [-0.4, -0.2) is 50.4 Å². The fourth-order valence-electron chi connectivity index (χ4n) is 5.41. The van der Waals surface area contributed by atoms with E-state index in [4.69, 9.17) is 19.4 Å². The fourth-order valence-corrected chi connectivity index (χ4v) is 5.41. The zero-order valence-corrected chi connectivity index (χ0v) is 20.3. The van der Waals surface area contributed by atoms with Gasteiger partial charge in [-0.2, -0.15) is 9.61 Å². The maximum Gasteiger partial charge on any atom is 0.338 e. The monoisotopic (exact) mass is 481 g/mol. The summed E-state index contributed by atoms with van der Waals surface area (Å²) in [6.45, 7) is 0. The summed E-state index contributed by atoms with van der Waals surface area (Å²) < 4.78 is 12.5. The molecule has 0 unspecified atom stereocenters. The fraction of sp³-hybridized carbons (Fsp3) is 0.286. The molecule has 6 rings (SSSR count). The molecule has 1 N–H and O–H groups in total. The number of hydrogen-bond acceptors (Lipinski definition) is 6. The molecule has 8 nitrogen and oxygen atoms in total. The van der Waals surface area contributed by atoms with Gasteiger partial charge in [0.2, 0.25) is 0 Å². The number of aromatic nitrogens is 5. The van der Waals surface area contributed by atoms with Crippen molar-refractivity contribution in [3.8, 4) is 22.4 Å². The lowest BCUT2D eigenvalue weighted by atomic mass is 9.77. The molecule has 1 aliphatic carbocycles. The molecule has 4 aromatic heterocycles. The van der Waals surface area contributed by atoms with Crippen LogP contribution >= 0.6 is 0 Å². The van der Waals surface area contributed by atoms with Crippen LogP contribution in [0.15, 0.2) is 67.1 Å². The van der Waals surface area contributed by atoms with Crippen LogP contribution in [0.4, 0.5) is 0 Å². The van der Waals surface area contributed by atoms with Crippen molar-refractivity contribution >= 4 is 22.6 Å². The lowest BCUT2D eigenvalue weighted by molar-refractivity contribution is -0.170. The SMILES string of the molecule is COC(=O)C1(OC)CCC(c2nc3c(-c4ccc(-c5ccccc5)nc4)cnn3c3[nH]ccc23)CC1. The van der Waals surface area contributed by atoms with E-state index in [1.165, 1.54) is 7.11 Å². The molecule has 1 fully saturated rings. The number of pyridine rings is 1. The average Bonchev–Trinajstić information content (AvgIpc) is 3.60. The molecule has 0 spiro atoms. The van der Waals surface area contributed by atoms with Gasteiger partial charge in [-0.05, 0) is 37.8 Å². The highest BCUT2D eigenvalue weighted by atomic mass is 16.6. The normalized spacial score (nSPS) is 20.1. The summed E-state index contributed by atoms with van der Waals surface area (Å²) in [5, 5.41) is 5.69. The van der Waals surface area contributed by atoms with E-state index in [1.807, 2.05) is 53.4 Å². The first-order valence-corrected chi connectivity index (χ1v) is 12.1. The van der Waals surface area contributed by atoms with Gasteiger partial charge in [0.15, 0.2) is 11.2 Å². The van der Waals surface area contributed by atoms with Crippen molar-refractivity contribution in [1.82, 2.24) is 24.6 Å². The average molecular weight is 482 g/mol. The zero-order valence-electron chi connectivity index (χ0n) is 20.3. The van der Waals surface area contributed by atoms with Crippen molar-refractivity contribution in [1.29, 1.82) is 0 Å². The lowest BCUT2D eigenvalue weighted by Gasteiger charge is -2.36. The quantitative estimate of drug-likeness (QED) is 0.349. The third kappa shape index (κ3) is 3.56. The van der Waals surface area contributed by atoms with Crippen molar-refractivity contribution in [3.63, 3.8) is 0 Å². The number of nitrogens with one attached hydrogen (secondary N) is 1. The van der Waals surface area contributed by atoms with Gasteiger partial charge in [-0.3, -0.25) is 4.98 Å². The smallest absolute Gasteiger partial charge is 0.338 e. The first kappa shape index (κ1) is 22.4. The third-order valence-electron chi connectivity index (χ3n) is 7.46. The Morgan fingerprint density at radius 1 is 1.03 bits per heavy atom. The number of fused-ring (bicyclic) bond motifs is 3. The van der Waals surface area contributed by atoms with E-state index in [2.05, 4.69) is 28.3 Å². The molecule has 8 heteroatoms. The van der Waals surface area contributed by atoms with Crippen molar-refractivity contribution < 1.29 is 14.3 Å². The van der Waals surface area contributed by atoms with Crippen LogP contribution in [0, 0.1) is 0 Å². The predicted octanol–water partition coefficient (Wildman–Crippen LogP) is 5.16. The molecule has 0 amide bonds. The van der Waals surface area contributed by atoms with Crippen molar-refractivity contribution in [3.05, 3.63) is 72.8 Å². The molecule has 0 radical (unpaired) electrons. The number of benzene rings is 1. The number of nitrogens with zero attached hydrogens (tertiary/aromatic N) is 4. The molecule has 4 heterocycles. The summed E-state index contributed by atoms with van der Waals surface area (Å²) in [5.74, 6) is -0.106. The van der Waals surface area contributed by atoms with Gasteiger partial charge in [-0.25, -0.2) is 9.78 Å². The Bertz CT molecular complexity index is 1530. The lowest BCUT2D eigenvalue weighted by Crippen LogP contribution is -2.44. The predicted molar refractivity (Wildman–Crippen MR) is 136 cm³/mol. The number of methoxy groups -OCH3 is 2. The van der Waals surface area contributed by atoms with E-state index in [-0.39, 0.29) is 11.9 Å². The van der Waals surface area contributed by atoms with Gasteiger partial charge in [-0.15, -0.1) is 0 Å². The minimum absolute atomic E-state index is 0.197. The number of ether oxygens (including phenoxy) is 2. The molecule has 1 saturated carbocycles. The summed E-state index contributed by atoms with van der Waals surface area (Å²) in [4.78, 5) is 25.6. The van der Waals surface area contributed by atoms with Gasteiger partial charge in [0.05, 0.1) is 24.7 Å². The summed E-state index contributed by atoms with van der Waals surface area (Å²) in [7, 11) is 3.00. The minimum Gasteiger partial charge on any atom is -0.467 e. The summed E-state index contributed by atoms with van der Waals surface area (Å²) in [5.41, 5.74) is 5.72. The van der Waals surface area contributed by atoms with E-state index in [1.54, 1.807) is 7.11 Å². The molecule has 1 aromatic carbocycles. The Kier molecular flexibility index (Phi) is 5.53. The van der Waals surface area contributed by atoms with Gasteiger partial charge >= 0.3 is 5.97 Å². The highest BCUT2D eigenvalue weighted by molar-refractivity contribution is 5.86. The molecule has 0 bridgehead atoms. The molecule has 0 saturated heterocycles. The second kappa shape index (κ2) is 8.87. The maximum atomic E-state index is 12.4. The second-order valence-electron chi connectivity index (χ2n) is 9.29. The molecule has 36 heavy (non-hydrogen) atoms. The van der Waals surface area contributed by atoms with Gasteiger partial charge in [0, 0.05) is 47.5 Å². The Hall–Kier alpha value is -4.04. The number of hydrogen-bond donors (Lipinski definition) is 1. The number of carbonyl (C=O) groups is 1. The Labute approximate surface area is 208 Å². The van der Waals surface area contributed by atoms with Crippen LogP contribution in [0.1, 0.15) is 37.3 Å². The van der Waals surface area contributed by atoms with Crippen LogP contribution in [0.2, 0.25) is 0 Å². The van der Waals surface area contributed by atoms with Crippen molar-refractivity contribution in [2.75, 3.05) is 14.2 Å². The Morgan fingerprint density at radius 3 is 2.53 bits per heavy atom. The minimum atomic E-state index is -0.874. The molecule has 182 valence electrons. The highest BCUT2D eigenvalue weighted by Crippen LogP contribution is 2.42. The van der Waals surface area contributed by atoms with Gasteiger partial charge < -0.3 is 14.5 Å². The molecular weight excluding hydrogens is 454 g/mol. The van der Waals surface area contributed by atoms with Crippen molar-refractivity contribution in [2.24, 2.45) is 0 Å². The highest BCUT2D eigenvalue weighted by Gasteiger charge is 2.44. The van der Waals surface area contributed by atoms with E-state index in [0.717, 1.165) is 57.6 Å². The van der Waals surface area contributed by atoms with Gasteiger partial charge in [0.25, 0.3) is 0 Å². The van der Waals surface area contributed by atoms with E-state index < -0.39 is 5.60 Å². The first-order chi connectivity index (χ1) is 17.6. The molecule has 0 aliphatic heterocycles. The number of esters is 1. The van der Waals surface area contributed by atoms with Gasteiger partial charge in [-0.1, -0.05) is 36.4 Å². The van der Waals surface area contributed by atoms with Gasteiger partial charge in [0.1, 0.15) is 5.65 Å². The van der Waals surface area contributed by atoms with E-state index in [9.17, 15) is 4.79 Å². The Balaban J connectivity index is 1.38. The first-order valence-electron chi connectivity index (χ1n) is 12.1. The molecular formula is C28H27N5O3. The number of carbonyl (C=O) groups excluding carboxylic acids is 1. The zero-order chi connectivity index (χ0) is 24.7. The summed E-state index contributed by atoms with van der Waals surface area (Å²) in [6.07, 6.45) is 8.40. The standard InChI is InChI=1S/C28H27N5O3/c1-35-27(34)28(36-2)13-10-19(11-14-28)24-21-12-15-29-25(21)33-26(32-24)22(17-31-33)20-8-9-23(30-16-20)18-6-4-3-5-7-18/h3-9,12,15-17,19,29H,10-11,13-14H2,1-2H3. The largest absolute Gasteiger partial charge is 0.467 e. The van der Waals surface area contributed by atoms with Crippen LogP contribution in [0.5, 0.6) is 0 Å². The molecule has 1 aliphatic rings. The summed E-state index contributed by atoms with van der Waals surface area (Å²) >= 11 is 0. The van der Waals surface area contributed by atoms with Crippen LogP contribution < -0.4 is 0 Å². The molecule has 5 aromatic rings. The van der Waals surface area contributed by atoms with E-state index in [0.29, 0.717) is 12.8 Å². The van der Waals surface area contributed by atoms with Crippen molar-refractivity contribution in [2.45, 2.75) is 37.2 Å². The van der Waals surface area contributed by atoms with Crippen LogP contribution in [0.3, 0.4) is 0 Å². The second-order valence-corrected chi connectivity index (χ2v) is 9.29. The number of rotatable bonds is 5. The van der Waals surface area contributed by atoms with Crippen LogP contribution in [-0.2, 0) is 14.3 Å². The Morgan fingerprint density at radius 2 is 1.83 bits per heavy atom. The summed E-state index contributed by atoms with van der Waals surface area (Å²) in [6, 6.07) is 16.3. The topological polar surface area (TPSA) is 94.4 Å². The van der Waals surface area contributed by atoms with E-state index >= 15 is 0 Å². The third-order valence-corrected chi connectivity index (χ3v) is 7.46. The van der Waals surface area contributed by atoms with Crippen LogP contribution in [0.25, 0.3) is 39.1 Å². The number of aromatic amines is 1. The maximum absolute atomic E-state index is 12.4. The molecule has 0 atom stereocenters.